The molecule has 13 heavy (non-hydrogen) atoms. The Kier molecular flexibility index (Phi) is 6.61. The normalized spacial score (nSPS) is 14.1. The summed E-state index contributed by atoms with van der Waals surface area (Å²) in [6, 6.07) is 0. The molecule has 0 fully saturated rings. The lowest BCUT2D eigenvalue weighted by Crippen LogP contribution is -2.14. The van der Waals surface area contributed by atoms with Crippen LogP contribution in [0.15, 0.2) is 23.3 Å². The third kappa shape index (κ3) is 5.64. The van der Waals surface area contributed by atoms with Crippen molar-refractivity contribution in [1.82, 2.24) is 5.32 Å². The highest BCUT2D eigenvalue weighted by Gasteiger charge is 2.03. The van der Waals surface area contributed by atoms with Gasteiger partial charge in [-0.25, -0.2) is 0 Å². The van der Waals surface area contributed by atoms with Crippen molar-refractivity contribution in [2.24, 2.45) is 5.92 Å². The molecule has 0 aliphatic carbocycles. The fourth-order valence-electron chi connectivity index (χ4n) is 1.14. The number of hydrogen-bond donors (Lipinski definition) is 1. The van der Waals surface area contributed by atoms with Crippen LogP contribution in [0.4, 0.5) is 0 Å². The molecule has 1 unspecified atom stereocenters. The Morgan fingerprint density at radius 1 is 1.31 bits per heavy atom. The molecule has 0 aromatic heterocycles. The van der Waals surface area contributed by atoms with Crippen LogP contribution in [0.1, 0.15) is 34.1 Å². The van der Waals surface area contributed by atoms with Crippen LogP contribution in [-0.4, -0.2) is 13.6 Å². The van der Waals surface area contributed by atoms with E-state index >= 15 is 0 Å². The molecule has 0 radical (unpaired) electrons. The number of rotatable bonds is 5. The highest BCUT2D eigenvalue weighted by atomic mass is 14.8. The van der Waals surface area contributed by atoms with Crippen LogP contribution in [0.3, 0.4) is 0 Å². The Bertz CT molecular complexity index is 185. The van der Waals surface area contributed by atoms with E-state index in [0.29, 0.717) is 5.92 Å². The molecular formula is C12H23N. The number of nitrogens with one attached hydrogen (secondary N) is 1. The van der Waals surface area contributed by atoms with Crippen molar-refractivity contribution in [3.8, 4) is 0 Å². The minimum atomic E-state index is 0.683. The fourth-order valence-corrected chi connectivity index (χ4v) is 1.14. The van der Waals surface area contributed by atoms with Gasteiger partial charge in [0.05, 0.1) is 0 Å². The third-order valence-corrected chi connectivity index (χ3v) is 2.26. The van der Waals surface area contributed by atoms with Crippen molar-refractivity contribution in [3.63, 3.8) is 0 Å². The van der Waals surface area contributed by atoms with Gasteiger partial charge in [0.25, 0.3) is 0 Å². The first kappa shape index (κ1) is 12.4. The first-order valence-electron chi connectivity index (χ1n) is 5.10. The summed E-state index contributed by atoms with van der Waals surface area (Å²) in [5.41, 5.74) is 2.85. The zero-order chi connectivity index (χ0) is 10.3. The van der Waals surface area contributed by atoms with E-state index in [1.807, 2.05) is 7.05 Å². The van der Waals surface area contributed by atoms with E-state index in [9.17, 15) is 0 Å². The highest BCUT2D eigenvalue weighted by molar-refractivity contribution is 5.18. The van der Waals surface area contributed by atoms with E-state index < -0.39 is 0 Å². The molecule has 0 saturated carbocycles. The Morgan fingerprint density at radius 3 is 2.31 bits per heavy atom. The summed E-state index contributed by atoms with van der Waals surface area (Å²) in [5.74, 6) is 0.683. The molecule has 0 aliphatic heterocycles. The van der Waals surface area contributed by atoms with Crippen molar-refractivity contribution in [2.45, 2.75) is 34.1 Å². The summed E-state index contributed by atoms with van der Waals surface area (Å²) in [6.07, 6.45) is 5.66. The van der Waals surface area contributed by atoms with E-state index in [-0.39, 0.29) is 0 Å². The lowest BCUT2D eigenvalue weighted by Gasteiger charge is -2.12. The minimum Gasteiger partial charge on any atom is -0.316 e. The van der Waals surface area contributed by atoms with Gasteiger partial charge in [0.1, 0.15) is 0 Å². The van der Waals surface area contributed by atoms with Crippen LogP contribution >= 0.6 is 0 Å². The first-order chi connectivity index (χ1) is 6.11. The van der Waals surface area contributed by atoms with Gasteiger partial charge in [0, 0.05) is 6.54 Å². The Balaban J connectivity index is 4.39. The fraction of sp³-hybridized carbons (Fsp3) is 0.667. The van der Waals surface area contributed by atoms with Crippen molar-refractivity contribution in [3.05, 3.63) is 23.3 Å². The average Bonchev–Trinajstić information content (AvgIpc) is 2.10. The molecule has 0 aromatic carbocycles. The Labute approximate surface area is 82.9 Å². The number of hydrogen-bond acceptors (Lipinski definition) is 1. The zero-order valence-corrected chi connectivity index (χ0v) is 9.65. The van der Waals surface area contributed by atoms with Crippen LogP contribution in [0.5, 0.6) is 0 Å². The Morgan fingerprint density at radius 2 is 1.92 bits per heavy atom. The second-order valence-electron chi connectivity index (χ2n) is 3.83. The van der Waals surface area contributed by atoms with Crippen molar-refractivity contribution in [1.29, 1.82) is 0 Å². The van der Waals surface area contributed by atoms with Crippen LogP contribution in [0.2, 0.25) is 0 Å². The van der Waals surface area contributed by atoms with Crippen LogP contribution in [0.25, 0.3) is 0 Å². The second kappa shape index (κ2) is 6.90. The molecule has 0 aromatic rings. The van der Waals surface area contributed by atoms with Gasteiger partial charge in [0.2, 0.25) is 0 Å². The SMILES string of the molecule is CCC(C)C(=CC=C(C)C)CNC. The molecule has 1 heteroatoms. The minimum absolute atomic E-state index is 0.683. The van der Waals surface area contributed by atoms with Crippen LogP contribution < -0.4 is 5.32 Å². The summed E-state index contributed by atoms with van der Waals surface area (Å²) in [7, 11) is 2.00. The topological polar surface area (TPSA) is 12.0 Å². The standard InChI is InChI=1S/C12H23N/c1-6-11(4)12(9-13-5)8-7-10(2)3/h7-8,11,13H,6,9H2,1-5H3. The molecule has 0 aliphatic rings. The van der Waals surface area contributed by atoms with Gasteiger partial charge in [-0.1, -0.05) is 37.1 Å². The lowest BCUT2D eigenvalue weighted by molar-refractivity contribution is 0.624. The third-order valence-electron chi connectivity index (χ3n) is 2.26. The molecule has 0 rings (SSSR count). The molecule has 1 nitrogen and oxygen atoms in total. The van der Waals surface area contributed by atoms with E-state index in [0.717, 1.165) is 6.54 Å². The molecular weight excluding hydrogens is 158 g/mol. The van der Waals surface area contributed by atoms with Crippen molar-refractivity contribution < 1.29 is 0 Å². The summed E-state index contributed by atoms with van der Waals surface area (Å²) in [4.78, 5) is 0. The van der Waals surface area contributed by atoms with Crippen molar-refractivity contribution in [2.75, 3.05) is 13.6 Å². The van der Waals surface area contributed by atoms with Gasteiger partial charge in [-0.2, -0.15) is 0 Å². The van der Waals surface area contributed by atoms with Crippen LogP contribution in [-0.2, 0) is 0 Å². The van der Waals surface area contributed by atoms with Gasteiger partial charge in [0.15, 0.2) is 0 Å². The van der Waals surface area contributed by atoms with Crippen molar-refractivity contribution >= 4 is 0 Å². The quantitative estimate of drug-likeness (QED) is 0.642. The Hall–Kier alpha value is -0.560. The summed E-state index contributed by atoms with van der Waals surface area (Å²) < 4.78 is 0. The maximum Gasteiger partial charge on any atom is 0.0167 e. The van der Waals surface area contributed by atoms with Crippen LogP contribution in [0, 0.1) is 5.92 Å². The van der Waals surface area contributed by atoms with E-state index in [2.05, 4.69) is 45.2 Å². The first-order valence-corrected chi connectivity index (χ1v) is 5.10. The van der Waals surface area contributed by atoms with Gasteiger partial charge in [-0.3, -0.25) is 0 Å². The van der Waals surface area contributed by atoms with E-state index in [4.69, 9.17) is 0 Å². The molecule has 0 bridgehead atoms. The predicted molar refractivity (Wildman–Crippen MR) is 60.9 cm³/mol. The number of likely N-dealkylation sites (N-methyl/N-ethyl adjacent to an activating group) is 1. The molecule has 0 amide bonds. The maximum atomic E-state index is 3.21. The van der Waals surface area contributed by atoms with Gasteiger partial charge < -0.3 is 5.32 Å². The van der Waals surface area contributed by atoms with Gasteiger partial charge in [-0.05, 0) is 33.2 Å². The summed E-state index contributed by atoms with van der Waals surface area (Å²) in [5, 5.41) is 3.21. The average molecular weight is 181 g/mol. The number of allylic oxidation sites excluding steroid dienone is 3. The molecule has 1 atom stereocenters. The molecule has 0 heterocycles. The summed E-state index contributed by atoms with van der Waals surface area (Å²) in [6.45, 7) is 9.77. The summed E-state index contributed by atoms with van der Waals surface area (Å²) >= 11 is 0. The zero-order valence-electron chi connectivity index (χ0n) is 9.65. The predicted octanol–water partition coefficient (Wildman–Crippen LogP) is 3.14. The lowest BCUT2D eigenvalue weighted by atomic mass is 9.97. The maximum absolute atomic E-state index is 3.21. The smallest absolute Gasteiger partial charge is 0.0167 e. The molecule has 76 valence electrons. The van der Waals surface area contributed by atoms with E-state index in [1.54, 1.807) is 0 Å². The van der Waals surface area contributed by atoms with Gasteiger partial charge in [-0.15, -0.1) is 0 Å². The molecule has 1 N–H and O–H groups in total. The monoisotopic (exact) mass is 181 g/mol. The molecule has 0 spiro atoms. The molecule has 0 saturated heterocycles. The van der Waals surface area contributed by atoms with E-state index in [1.165, 1.54) is 17.6 Å². The van der Waals surface area contributed by atoms with Gasteiger partial charge >= 0.3 is 0 Å². The largest absolute Gasteiger partial charge is 0.316 e. The second-order valence-corrected chi connectivity index (χ2v) is 3.83. The highest BCUT2D eigenvalue weighted by Crippen LogP contribution is 2.13.